The summed E-state index contributed by atoms with van der Waals surface area (Å²) in [4.78, 5) is 0. The zero-order chi connectivity index (χ0) is 16.7. The van der Waals surface area contributed by atoms with Crippen LogP contribution in [0.1, 0.15) is 17.0 Å². The fourth-order valence-corrected chi connectivity index (χ4v) is 3.20. The highest BCUT2D eigenvalue weighted by molar-refractivity contribution is 5.83. The molecule has 0 bridgehead atoms. The van der Waals surface area contributed by atoms with Gasteiger partial charge in [-0.15, -0.1) is 0 Å². The number of nitrogen functional groups attached to an aromatic ring is 1. The third kappa shape index (κ3) is 2.15. The molecule has 0 spiro atoms. The Balaban J connectivity index is 1.95. The van der Waals surface area contributed by atoms with Crippen molar-refractivity contribution in [1.82, 2.24) is 0 Å². The van der Waals surface area contributed by atoms with E-state index in [2.05, 4.69) is 30.3 Å². The first-order valence-corrected chi connectivity index (χ1v) is 7.63. The second kappa shape index (κ2) is 5.32. The molecule has 24 heavy (non-hydrogen) atoms. The van der Waals surface area contributed by atoms with Gasteiger partial charge in [0.15, 0.2) is 0 Å². The number of hydrogen-bond donors (Lipinski definition) is 2. The van der Waals surface area contributed by atoms with E-state index in [0.29, 0.717) is 17.0 Å². The van der Waals surface area contributed by atoms with Gasteiger partial charge in [-0.05, 0) is 22.4 Å². The van der Waals surface area contributed by atoms with Gasteiger partial charge in [-0.1, -0.05) is 48.5 Å². The van der Waals surface area contributed by atoms with Gasteiger partial charge in [0.05, 0.1) is 5.92 Å². The van der Waals surface area contributed by atoms with Gasteiger partial charge in [-0.2, -0.15) is 5.26 Å². The van der Waals surface area contributed by atoms with E-state index in [-0.39, 0.29) is 11.8 Å². The molecular formula is C20H15N3O. The zero-order valence-electron chi connectivity index (χ0n) is 12.9. The molecule has 1 heterocycles. The first-order valence-electron chi connectivity index (χ1n) is 7.63. The van der Waals surface area contributed by atoms with E-state index in [9.17, 15) is 5.26 Å². The van der Waals surface area contributed by atoms with Crippen LogP contribution in [0.25, 0.3) is 10.8 Å². The Morgan fingerprint density at radius 2 is 1.71 bits per heavy atom. The van der Waals surface area contributed by atoms with Gasteiger partial charge in [-0.25, -0.2) is 0 Å². The van der Waals surface area contributed by atoms with Crippen molar-refractivity contribution in [3.8, 4) is 11.8 Å². The number of allylic oxidation sites excluding steroid dienone is 1. The standard InChI is InChI=1S/C20H15N3O/c21-11-17-19(14-6-5-12-3-1-2-4-13(12)9-14)16-8-7-15(22)10-18(16)24-20(17)23/h1-10,19H,22-23H2/t19-/m0/s1. The molecule has 3 aromatic carbocycles. The molecule has 4 rings (SSSR count). The number of benzene rings is 3. The Labute approximate surface area is 139 Å². The number of anilines is 1. The normalized spacial score (nSPS) is 16.4. The summed E-state index contributed by atoms with van der Waals surface area (Å²) < 4.78 is 5.61. The monoisotopic (exact) mass is 313 g/mol. The van der Waals surface area contributed by atoms with Gasteiger partial charge in [0, 0.05) is 17.3 Å². The Morgan fingerprint density at radius 3 is 2.50 bits per heavy atom. The van der Waals surface area contributed by atoms with Crippen LogP contribution < -0.4 is 16.2 Å². The summed E-state index contributed by atoms with van der Waals surface area (Å²) in [6.45, 7) is 0. The maximum Gasteiger partial charge on any atom is 0.205 e. The zero-order valence-corrected chi connectivity index (χ0v) is 12.9. The van der Waals surface area contributed by atoms with Crippen LogP contribution in [0.5, 0.6) is 5.75 Å². The summed E-state index contributed by atoms with van der Waals surface area (Å²) in [5.41, 5.74) is 14.8. The van der Waals surface area contributed by atoms with Crippen LogP contribution in [0.4, 0.5) is 5.69 Å². The third-order valence-corrected chi connectivity index (χ3v) is 4.35. The average Bonchev–Trinajstić information content (AvgIpc) is 2.60. The number of nitrogens with zero attached hydrogens (tertiary/aromatic N) is 1. The molecule has 0 unspecified atom stereocenters. The van der Waals surface area contributed by atoms with Crippen molar-refractivity contribution in [3.05, 3.63) is 83.2 Å². The van der Waals surface area contributed by atoms with Crippen LogP contribution in [0.15, 0.2) is 72.1 Å². The topological polar surface area (TPSA) is 85.1 Å². The molecular weight excluding hydrogens is 298 g/mol. The Bertz CT molecular complexity index is 1030. The van der Waals surface area contributed by atoms with Crippen LogP contribution in [0, 0.1) is 11.3 Å². The average molecular weight is 313 g/mol. The highest BCUT2D eigenvalue weighted by Crippen LogP contribution is 2.43. The smallest absolute Gasteiger partial charge is 0.205 e. The summed E-state index contributed by atoms with van der Waals surface area (Å²) in [5.74, 6) is 0.474. The van der Waals surface area contributed by atoms with E-state index in [1.807, 2.05) is 30.3 Å². The lowest BCUT2D eigenvalue weighted by molar-refractivity contribution is 0.394. The minimum atomic E-state index is -0.260. The second-order valence-corrected chi connectivity index (χ2v) is 5.83. The van der Waals surface area contributed by atoms with Gasteiger partial charge >= 0.3 is 0 Å². The van der Waals surface area contributed by atoms with Gasteiger partial charge in [0.2, 0.25) is 5.88 Å². The second-order valence-electron chi connectivity index (χ2n) is 5.83. The molecule has 3 aromatic rings. The molecule has 0 radical (unpaired) electrons. The Kier molecular flexibility index (Phi) is 3.14. The summed E-state index contributed by atoms with van der Waals surface area (Å²) in [6.07, 6.45) is 0. The molecule has 1 aliphatic rings. The molecule has 4 nitrogen and oxygen atoms in total. The lowest BCUT2D eigenvalue weighted by Gasteiger charge is -2.26. The fraction of sp³-hybridized carbons (Fsp3) is 0.0500. The Morgan fingerprint density at radius 1 is 0.917 bits per heavy atom. The molecule has 0 amide bonds. The van der Waals surface area contributed by atoms with E-state index in [0.717, 1.165) is 21.9 Å². The van der Waals surface area contributed by atoms with Crippen molar-refractivity contribution < 1.29 is 4.74 Å². The third-order valence-electron chi connectivity index (χ3n) is 4.35. The Hall–Kier alpha value is -3.45. The number of fused-ring (bicyclic) bond motifs is 2. The van der Waals surface area contributed by atoms with Crippen molar-refractivity contribution in [2.24, 2.45) is 5.73 Å². The van der Waals surface area contributed by atoms with E-state index in [1.54, 1.807) is 6.07 Å². The molecule has 116 valence electrons. The maximum absolute atomic E-state index is 9.59. The van der Waals surface area contributed by atoms with Crippen LogP contribution >= 0.6 is 0 Å². The van der Waals surface area contributed by atoms with Gasteiger partial charge in [-0.3, -0.25) is 0 Å². The lowest BCUT2D eigenvalue weighted by atomic mass is 9.83. The van der Waals surface area contributed by atoms with Crippen molar-refractivity contribution in [3.63, 3.8) is 0 Å². The van der Waals surface area contributed by atoms with E-state index in [4.69, 9.17) is 16.2 Å². The molecule has 4 heteroatoms. The minimum Gasteiger partial charge on any atom is -0.440 e. The summed E-state index contributed by atoms with van der Waals surface area (Å²) in [5, 5.41) is 11.9. The molecule has 0 fully saturated rings. The van der Waals surface area contributed by atoms with E-state index < -0.39 is 0 Å². The molecule has 1 aliphatic heterocycles. The van der Waals surface area contributed by atoms with E-state index >= 15 is 0 Å². The van der Waals surface area contributed by atoms with Crippen molar-refractivity contribution in [1.29, 1.82) is 5.26 Å². The fourth-order valence-electron chi connectivity index (χ4n) is 3.20. The number of nitriles is 1. The predicted molar refractivity (Wildman–Crippen MR) is 94.1 cm³/mol. The SMILES string of the molecule is N#CC1=C(N)Oc2cc(N)ccc2[C@@H]1c1ccc2ccccc2c1. The highest BCUT2D eigenvalue weighted by Gasteiger charge is 2.30. The van der Waals surface area contributed by atoms with Crippen LogP contribution in [-0.2, 0) is 0 Å². The lowest BCUT2D eigenvalue weighted by Crippen LogP contribution is -2.21. The molecule has 0 saturated carbocycles. The molecule has 0 aromatic heterocycles. The number of rotatable bonds is 1. The minimum absolute atomic E-state index is 0.133. The van der Waals surface area contributed by atoms with Crippen LogP contribution in [0.3, 0.4) is 0 Å². The van der Waals surface area contributed by atoms with Gasteiger partial charge < -0.3 is 16.2 Å². The highest BCUT2D eigenvalue weighted by atomic mass is 16.5. The summed E-state index contributed by atoms with van der Waals surface area (Å²) >= 11 is 0. The molecule has 0 aliphatic carbocycles. The van der Waals surface area contributed by atoms with E-state index in [1.165, 1.54) is 0 Å². The number of hydrogen-bond acceptors (Lipinski definition) is 4. The summed E-state index contributed by atoms with van der Waals surface area (Å²) in [7, 11) is 0. The maximum atomic E-state index is 9.59. The molecule has 0 saturated heterocycles. The van der Waals surface area contributed by atoms with Crippen LogP contribution in [0.2, 0.25) is 0 Å². The van der Waals surface area contributed by atoms with Crippen molar-refractivity contribution >= 4 is 16.5 Å². The number of nitrogens with two attached hydrogens (primary N) is 2. The largest absolute Gasteiger partial charge is 0.440 e. The first-order chi connectivity index (χ1) is 11.7. The van der Waals surface area contributed by atoms with Crippen LogP contribution in [-0.4, -0.2) is 0 Å². The predicted octanol–water partition coefficient (Wildman–Crippen LogP) is 3.64. The summed E-state index contributed by atoms with van der Waals surface area (Å²) in [6, 6.07) is 22.0. The first kappa shape index (κ1) is 14.2. The quantitative estimate of drug-likeness (QED) is 0.672. The van der Waals surface area contributed by atoms with Crippen molar-refractivity contribution in [2.75, 3.05) is 5.73 Å². The number of ether oxygens (including phenoxy) is 1. The molecule has 4 N–H and O–H groups in total. The van der Waals surface area contributed by atoms with Gasteiger partial charge in [0.1, 0.15) is 17.4 Å². The van der Waals surface area contributed by atoms with Crippen molar-refractivity contribution in [2.45, 2.75) is 5.92 Å². The van der Waals surface area contributed by atoms with Gasteiger partial charge in [0.25, 0.3) is 0 Å². The molecule has 1 atom stereocenters.